The molecule has 6 nitrogen and oxygen atoms in total. The zero-order valence-corrected chi connectivity index (χ0v) is 23.7. The van der Waals surface area contributed by atoms with Gasteiger partial charge in [0.15, 0.2) is 0 Å². The maximum absolute atomic E-state index is 12.3. The van der Waals surface area contributed by atoms with Gasteiger partial charge in [0, 0.05) is 66.1 Å². The zero-order valence-electron chi connectivity index (χ0n) is 20.8. The molecular weight excluding hydrogens is 579 g/mol. The van der Waals surface area contributed by atoms with E-state index in [0.29, 0.717) is 37.5 Å². The Morgan fingerprint density at radius 3 is 2.71 bits per heavy atom. The van der Waals surface area contributed by atoms with E-state index >= 15 is 0 Å². The molecule has 0 radical (unpaired) electrons. The quantitative estimate of drug-likeness (QED) is 0.0634. The van der Waals surface area contributed by atoms with Crippen LogP contribution in [-0.2, 0) is 19.1 Å². The number of unbranched alkanes of at least 4 members (excludes halogenated alkanes) is 1. The monoisotopic (exact) mass is 614 g/mol. The smallest absolute Gasteiger partial charge is 0.257 e. The predicted octanol–water partition coefficient (Wildman–Crippen LogP) is 5.78. The number of rotatable bonds is 15. The highest BCUT2D eigenvalue weighted by Gasteiger charge is 2.27. The molecule has 1 N–H and O–H groups in total. The Morgan fingerprint density at radius 2 is 2.09 bits per heavy atom. The molecule has 192 valence electrons. The molecule has 0 fully saturated rings. The van der Waals surface area contributed by atoms with Crippen molar-refractivity contribution < 1.29 is 19.1 Å². The molecule has 1 rings (SSSR count). The van der Waals surface area contributed by atoms with Gasteiger partial charge in [-0.2, -0.15) is 0 Å². The summed E-state index contributed by atoms with van der Waals surface area (Å²) < 4.78 is 8.12. The highest BCUT2D eigenvalue weighted by atomic mass is 127. The highest BCUT2D eigenvalue weighted by Crippen LogP contribution is 2.19. The number of amides is 3. The first-order chi connectivity index (χ1) is 16.8. The number of halogens is 2. The van der Waals surface area contributed by atoms with Crippen LogP contribution in [-0.4, -0.2) is 42.3 Å². The minimum absolute atomic E-state index is 0.0569. The summed E-state index contributed by atoms with van der Waals surface area (Å²) in [5.41, 5.74) is 2.95. The van der Waals surface area contributed by atoms with Crippen LogP contribution in [0.4, 0.5) is 0 Å². The second kappa shape index (κ2) is 18.3. The molecule has 0 aliphatic carbocycles. The summed E-state index contributed by atoms with van der Waals surface area (Å²) in [6.07, 6.45) is 14.9. The highest BCUT2D eigenvalue weighted by molar-refractivity contribution is 14.1. The topological polar surface area (TPSA) is 75.7 Å². The minimum Gasteiger partial charge on any atom is -0.501 e. The third-order valence-corrected chi connectivity index (χ3v) is 6.27. The molecule has 0 bridgehead atoms. The number of methoxy groups -OCH3 is 1. The summed E-state index contributed by atoms with van der Waals surface area (Å²) in [6.45, 7) is 4.29. The summed E-state index contributed by atoms with van der Waals surface area (Å²) in [6, 6.07) is -0.274. The molecule has 0 aromatic rings. The summed E-state index contributed by atoms with van der Waals surface area (Å²) in [5, 5.41) is 2.84. The second-order valence-electron chi connectivity index (χ2n) is 8.44. The molecule has 0 saturated carbocycles. The van der Waals surface area contributed by atoms with E-state index in [1.807, 2.05) is 6.08 Å². The van der Waals surface area contributed by atoms with Crippen molar-refractivity contribution >= 4 is 51.9 Å². The number of nitrogens with one attached hydrogen (secondary N) is 1. The maximum atomic E-state index is 12.3. The average Bonchev–Trinajstić information content (AvgIpc) is 3.18. The third-order valence-electron chi connectivity index (χ3n) is 5.58. The number of hydrogen-bond acceptors (Lipinski definition) is 4. The molecule has 3 amide bonds. The van der Waals surface area contributed by atoms with Crippen LogP contribution in [0.15, 0.2) is 47.2 Å². The Labute approximate surface area is 228 Å². The second-order valence-corrected chi connectivity index (χ2v) is 9.19. The lowest BCUT2D eigenvalue weighted by Crippen LogP contribution is -2.37. The molecule has 2 unspecified atom stereocenters. The van der Waals surface area contributed by atoms with Gasteiger partial charge in [-0.15, -0.1) is 0 Å². The van der Waals surface area contributed by atoms with Crippen molar-refractivity contribution in [3.05, 3.63) is 47.2 Å². The van der Waals surface area contributed by atoms with Gasteiger partial charge in [-0.3, -0.25) is 19.3 Å². The van der Waals surface area contributed by atoms with Crippen LogP contribution in [0.25, 0.3) is 0 Å². The Balaban J connectivity index is 2.27. The van der Waals surface area contributed by atoms with E-state index < -0.39 is 5.91 Å². The van der Waals surface area contributed by atoms with E-state index in [2.05, 4.69) is 50.8 Å². The number of imide groups is 1. The van der Waals surface area contributed by atoms with Crippen LogP contribution in [0.5, 0.6) is 0 Å². The summed E-state index contributed by atoms with van der Waals surface area (Å²) in [5.74, 6) is 3.07. The molecule has 0 saturated heterocycles. The molecule has 2 atom stereocenters. The third kappa shape index (κ3) is 13.0. The number of allylic oxidation sites excluding steroid dienone is 3. The van der Waals surface area contributed by atoms with E-state index in [1.54, 1.807) is 18.5 Å². The van der Waals surface area contributed by atoms with Crippen molar-refractivity contribution in [2.75, 3.05) is 13.7 Å². The number of carbonyl (C=O) groups excluding carboxylic acids is 3. The average molecular weight is 615 g/mol. The van der Waals surface area contributed by atoms with Gasteiger partial charge in [-0.1, -0.05) is 48.2 Å². The van der Waals surface area contributed by atoms with Crippen molar-refractivity contribution in [1.82, 2.24) is 10.2 Å². The molecule has 1 aliphatic heterocycles. The van der Waals surface area contributed by atoms with Crippen LogP contribution in [0.1, 0.15) is 65.2 Å². The summed E-state index contributed by atoms with van der Waals surface area (Å²) >= 11 is 8.01. The predicted molar refractivity (Wildman–Crippen MR) is 150 cm³/mol. The molecule has 1 aliphatic rings. The van der Waals surface area contributed by atoms with Crippen LogP contribution in [0.2, 0.25) is 0 Å². The first-order valence-electron chi connectivity index (χ1n) is 11.9. The number of ether oxygens (including phenoxy) is 1. The standard InChI is InChI=1S/C27H36ClIN2O4/c1-21(12-14-23(20-28)10-5-4-8-17-29)9-6-7-11-25(32)30-18-16-24(35-3)19-27(34)31-22(2)13-15-26(31)33/h6,9,13,15,19-22H,4-5,7,10-12,14,16,18H2,1-3H3,(H,30,32). The first-order valence-corrected chi connectivity index (χ1v) is 13.4. The zero-order chi connectivity index (χ0) is 26.1. The van der Waals surface area contributed by atoms with Crippen LogP contribution in [0, 0.1) is 15.8 Å². The fourth-order valence-corrected chi connectivity index (χ4v) is 3.98. The van der Waals surface area contributed by atoms with E-state index in [1.165, 1.54) is 29.7 Å². The van der Waals surface area contributed by atoms with E-state index in [0.717, 1.165) is 32.1 Å². The van der Waals surface area contributed by atoms with Gasteiger partial charge in [0.1, 0.15) is 5.76 Å². The van der Waals surface area contributed by atoms with Crippen molar-refractivity contribution in [3.63, 3.8) is 0 Å². The number of hydrogen-bond donors (Lipinski definition) is 1. The summed E-state index contributed by atoms with van der Waals surface area (Å²) in [4.78, 5) is 37.4. The molecule has 35 heavy (non-hydrogen) atoms. The van der Waals surface area contributed by atoms with Gasteiger partial charge in [0.2, 0.25) is 5.91 Å². The van der Waals surface area contributed by atoms with Gasteiger partial charge >= 0.3 is 0 Å². The molecule has 0 spiro atoms. The van der Waals surface area contributed by atoms with Gasteiger partial charge in [-0.25, -0.2) is 0 Å². The van der Waals surface area contributed by atoms with Crippen molar-refractivity contribution in [2.24, 2.45) is 5.92 Å². The fraction of sp³-hybridized carbons (Fsp3) is 0.519. The van der Waals surface area contributed by atoms with Crippen LogP contribution >= 0.6 is 34.2 Å². The molecule has 1 heterocycles. The number of nitrogens with zero attached hydrogens (tertiary/aromatic N) is 1. The first kappa shape index (κ1) is 31.0. The largest absolute Gasteiger partial charge is 0.501 e. The van der Waals surface area contributed by atoms with Crippen molar-refractivity contribution in [2.45, 2.75) is 71.3 Å². The Kier molecular flexibility index (Phi) is 16.2. The maximum Gasteiger partial charge on any atom is 0.257 e. The van der Waals surface area contributed by atoms with Gasteiger partial charge in [0.05, 0.1) is 13.2 Å². The number of carbonyl (C=O) groups is 3. The molecule has 0 aromatic heterocycles. The van der Waals surface area contributed by atoms with Gasteiger partial charge in [0.25, 0.3) is 11.8 Å². The van der Waals surface area contributed by atoms with E-state index in [4.69, 9.17) is 16.3 Å². The lowest BCUT2D eigenvalue weighted by atomic mass is 9.98. The SMILES string of the molecule is COC(=CC(=O)N1C(=O)C=CC1C)CCNC(=O)CCC=CC(C)CCC(=CCl)CCCC#CI. The van der Waals surface area contributed by atoms with E-state index in [-0.39, 0.29) is 17.9 Å². The van der Waals surface area contributed by atoms with E-state index in [9.17, 15) is 14.4 Å². The van der Waals surface area contributed by atoms with Crippen molar-refractivity contribution in [3.8, 4) is 9.85 Å². The normalized spacial score (nSPS) is 16.9. The molecule has 8 heteroatoms. The lowest BCUT2D eigenvalue weighted by molar-refractivity contribution is -0.139. The van der Waals surface area contributed by atoms with Gasteiger partial charge < -0.3 is 10.1 Å². The Bertz CT molecular complexity index is 899. The lowest BCUT2D eigenvalue weighted by Gasteiger charge is -2.18. The molecule has 0 aromatic carbocycles. The Morgan fingerprint density at radius 1 is 1.31 bits per heavy atom. The van der Waals surface area contributed by atoms with Gasteiger partial charge in [-0.05, 0) is 48.9 Å². The summed E-state index contributed by atoms with van der Waals surface area (Å²) in [7, 11) is 1.47. The fourth-order valence-electron chi connectivity index (χ4n) is 3.49. The van der Waals surface area contributed by atoms with Crippen molar-refractivity contribution in [1.29, 1.82) is 0 Å². The van der Waals surface area contributed by atoms with Crippen LogP contribution < -0.4 is 5.32 Å². The molecular formula is C27H36ClIN2O4. The minimum atomic E-state index is -0.422. The Hall–Kier alpha value is -2.05. The van der Waals surface area contributed by atoms with Crippen LogP contribution in [0.3, 0.4) is 0 Å².